The molecule has 1 aliphatic rings. The molecule has 6 rings (SSSR count). The van der Waals surface area contributed by atoms with Crippen molar-refractivity contribution in [2.75, 3.05) is 36.4 Å². The Kier molecular flexibility index (Phi) is 7.01. The fourth-order valence-corrected chi connectivity index (χ4v) is 4.98. The number of benzene rings is 3. The molecule has 2 aromatic heterocycles. The normalized spacial score (nSPS) is 13.5. The van der Waals surface area contributed by atoms with E-state index in [0.717, 1.165) is 66.2 Å². The van der Waals surface area contributed by atoms with E-state index in [9.17, 15) is 9.18 Å². The van der Waals surface area contributed by atoms with Gasteiger partial charge >= 0.3 is 0 Å². The number of amides is 1. The van der Waals surface area contributed by atoms with Crippen LogP contribution in [-0.4, -0.2) is 46.7 Å². The van der Waals surface area contributed by atoms with Crippen LogP contribution in [-0.2, 0) is 12.8 Å². The molecular formula is C31H29FN6O. The smallest absolute Gasteiger partial charge is 0.274 e. The highest BCUT2D eigenvalue weighted by atomic mass is 19.1. The van der Waals surface area contributed by atoms with Gasteiger partial charge in [-0.05, 0) is 53.8 Å². The van der Waals surface area contributed by atoms with E-state index in [4.69, 9.17) is 0 Å². The zero-order chi connectivity index (χ0) is 26.6. The summed E-state index contributed by atoms with van der Waals surface area (Å²) in [6, 6.07) is 24.6. The van der Waals surface area contributed by atoms with Crippen molar-refractivity contribution in [3.63, 3.8) is 0 Å². The monoisotopic (exact) mass is 520 g/mol. The minimum atomic E-state index is -0.268. The predicted molar refractivity (Wildman–Crippen MR) is 152 cm³/mol. The molecule has 2 N–H and O–H groups in total. The maximum Gasteiger partial charge on any atom is 0.274 e. The Morgan fingerprint density at radius 2 is 1.69 bits per heavy atom. The first-order chi connectivity index (χ1) is 19.2. The molecule has 8 heteroatoms. The molecule has 1 amide bonds. The van der Waals surface area contributed by atoms with Crippen LogP contribution in [0, 0.1) is 5.82 Å². The van der Waals surface area contributed by atoms with Gasteiger partial charge in [0.1, 0.15) is 11.5 Å². The quantitative estimate of drug-likeness (QED) is 0.317. The Balaban J connectivity index is 1.20. The predicted octanol–water partition coefficient (Wildman–Crippen LogP) is 4.98. The number of nitrogens with zero attached hydrogens (tertiary/aromatic N) is 4. The fourth-order valence-electron chi connectivity index (χ4n) is 4.98. The van der Waals surface area contributed by atoms with Gasteiger partial charge < -0.3 is 15.5 Å². The Morgan fingerprint density at radius 1 is 0.923 bits per heavy atom. The lowest BCUT2D eigenvalue weighted by atomic mass is 10.0. The van der Waals surface area contributed by atoms with Gasteiger partial charge in [0.15, 0.2) is 5.65 Å². The lowest BCUT2D eigenvalue weighted by molar-refractivity contribution is 0.102. The molecule has 0 unspecified atom stereocenters. The van der Waals surface area contributed by atoms with Crippen molar-refractivity contribution in [3.8, 4) is 11.1 Å². The third-order valence-corrected chi connectivity index (χ3v) is 7.12. The Bertz CT molecular complexity index is 1610. The molecule has 1 saturated heterocycles. The van der Waals surface area contributed by atoms with Crippen LogP contribution >= 0.6 is 0 Å². The van der Waals surface area contributed by atoms with Crippen LogP contribution in [0.3, 0.4) is 0 Å². The van der Waals surface area contributed by atoms with E-state index in [-0.39, 0.29) is 11.7 Å². The van der Waals surface area contributed by atoms with Gasteiger partial charge in [-0.1, -0.05) is 54.6 Å². The van der Waals surface area contributed by atoms with Gasteiger partial charge in [0.25, 0.3) is 5.91 Å². The second-order valence-corrected chi connectivity index (χ2v) is 9.64. The van der Waals surface area contributed by atoms with Gasteiger partial charge in [0.2, 0.25) is 0 Å². The number of hydrogen-bond acceptors (Lipinski definition) is 5. The first kappa shape index (κ1) is 24.8. The summed E-state index contributed by atoms with van der Waals surface area (Å²) in [5.74, 6) is -0.436. The number of aryl methyl sites for hydroxylation is 2. The minimum Gasteiger partial charge on any atom is -0.367 e. The molecule has 3 aromatic carbocycles. The van der Waals surface area contributed by atoms with Crippen LogP contribution < -0.4 is 15.5 Å². The molecule has 39 heavy (non-hydrogen) atoms. The van der Waals surface area contributed by atoms with Crippen molar-refractivity contribution in [1.82, 2.24) is 19.9 Å². The van der Waals surface area contributed by atoms with Crippen molar-refractivity contribution in [2.45, 2.75) is 12.8 Å². The van der Waals surface area contributed by atoms with Crippen LogP contribution in [0.1, 0.15) is 21.6 Å². The molecule has 0 radical (unpaired) electrons. The largest absolute Gasteiger partial charge is 0.367 e. The molecule has 0 spiro atoms. The summed E-state index contributed by atoms with van der Waals surface area (Å²) >= 11 is 0. The first-order valence-electron chi connectivity index (χ1n) is 13.2. The third-order valence-electron chi connectivity index (χ3n) is 7.12. The van der Waals surface area contributed by atoms with E-state index < -0.39 is 0 Å². The van der Waals surface area contributed by atoms with E-state index in [1.165, 1.54) is 6.07 Å². The summed E-state index contributed by atoms with van der Waals surface area (Å²) in [4.78, 5) is 20.2. The highest BCUT2D eigenvalue weighted by Crippen LogP contribution is 2.27. The lowest BCUT2D eigenvalue weighted by Crippen LogP contribution is -2.43. The summed E-state index contributed by atoms with van der Waals surface area (Å²) in [5.41, 5.74) is 6.34. The molecule has 0 aliphatic carbocycles. The number of piperazine rings is 1. The Morgan fingerprint density at radius 3 is 2.51 bits per heavy atom. The number of para-hydroxylation sites is 2. The van der Waals surface area contributed by atoms with Gasteiger partial charge in [-0.15, -0.1) is 0 Å². The molecule has 1 fully saturated rings. The van der Waals surface area contributed by atoms with Gasteiger partial charge in [0, 0.05) is 37.9 Å². The highest BCUT2D eigenvalue weighted by Gasteiger charge is 2.18. The number of fused-ring (bicyclic) bond motifs is 1. The maximum absolute atomic E-state index is 14.0. The number of carbonyl (C=O) groups is 1. The zero-order valence-corrected chi connectivity index (χ0v) is 21.5. The van der Waals surface area contributed by atoms with Gasteiger partial charge in [-0.2, -0.15) is 5.10 Å². The summed E-state index contributed by atoms with van der Waals surface area (Å²) in [7, 11) is 0. The van der Waals surface area contributed by atoms with Gasteiger partial charge in [-0.3, -0.25) is 4.79 Å². The summed E-state index contributed by atoms with van der Waals surface area (Å²) in [6.45, 7) is 3.60. The van der Waals surface area contributed by atoms with Crippen molar-refractivity contribution in [1.29, 1.82) is 0 Å². The summed E-state index contributed by atoms with van der Waals surface area (Å²) in [6.07, 6.45) is 4.90. The molecule has 5 aromatic rings. The van der Waals surface area contributed by atoms with Crippen molar-refractivity contribution < 1.29 is 9.18 Å². The SMILES string of the molecule is O=C(Nc1ccccc1N1CCNCC1)c1ccn2ncc(-c3ccc(CCc4ccccc4F)cc3)c2n1. The van der Waals surface area contributed by atoms with Crippen molar-refractivity contribution in [3.05, 3.63) is 114 Å². The van der Waals surface area contributed by atoms with Crippen LogP contribution in [0.4, 0.5) is 15.8 Å². The average Bonchev–Trinajstić information content (AvgIpc) is 3.41. The molecule has 0 saturated carbocycles. The second-order valence-electron chi connectivity index (χ2n) is 9.64. The molecule has 1 aliphatic heterocycles. The van der Waals surface area contributed by atoms with Gasteiger partial charge in [0.05, 0.1) is 17.6 Å². The van der Waals surface area contributed by atoms with Crippen LogP contribution in [0.25, 0.3) is 16.8 Å². The van der Waals surface area contributed by atoms with Crippen molar-refractivity contribution >= 4 is 22.9 Å². The minimum absolute atomic E-state index is 0.168. The van der Waals surface area contributed by atoms with E-state index in [1.807, 2.05) is 60.7 Å². The number of carbonyl (C=O) groups excluding carboxylic acids is 1. The standard InChI is InChI=1S/C31H29FN6O/c32-26-6-2-1-5-24(26)14-11-22-9-12-23(13-10-22)25-21-34-38-18-15-28(35-30(25)38)31(39)36-27-7-3-4-8-29(27)37-19-16-33-17-20-37/h1-10,12-13,15,18,21,33H,11,14,16-17,19-20H2,(H,36,39). The van der Waals surface area contributed by atoms with E-state index in [1.54, 1.807) is 29.0 Å². The number of hydrogen-bond donors (Lipinski definition) is 2. The fraction of sp³-hybridized carbons (Fsp3) is 0.194. The average molecular weight is 521 g/mol. The summed E-state index contributed by atoms with van der Waals surface area (Å²) in [5, 5.41) is 10.9. The molecule has 196 valence electrons. The molecule has 7 nitrogen and oxygen atoms in total. The van der Waals surface area contributed by atoms with Gasteiger partial charge in [-0.25, -0.2) is 13.9 Å². The Hall–Kier alpha value is -4.56. The molecule has 3 heterocycles. The zero-order valence-electron chi connectivity index (χ0n) is 21.5. The molecule has 0 atom stereocenters. The topological polar surface area (TPSA) is 74.6 Å². The van der Waals surface area contributed by atoms with E-state index >= 15 is 0 Å². The first-order valence-corrected chi connectivity index (χ1v) is 13.2. The number of rotatable bonds is 7. The number of nitrogens with one attached hydrogen (secondary N) is 2. The molecule has 0 bridgehead atoms. The second kappa shape index (κ2) is 11.0. The summed E-state index contributed by atoms with van der Waals surface area (Å²) < 4.78 is 15.6. The molecular weight excluding hydrogens is 491 g/mol. The number of aromatic nitrogens is 3. The third kappa shape index (κ3) is 5.37. The highest BCUT2D eigenvalue weighted by molar-refractivity contribution is 6.05. The van der Waals surface area contributed by atoms with E-state index in [2.05, 4.69) is 25.6 Å². The number of halogens is 1. The number of anilines is 2. The lowest BCUT2D eigenvalue weighted by Gasteiger charge is -2.31. The maximum atomic E-state index is 14.0. The van der Waals surface area contributed by atoms with Crippen LogP contribution in [0.2, 0.25) is 0 Å². The van der Waals surface area contributed by atoms with Crippen LogP contribution in [0.5, 0.6) is 0 Å². The van der Waals surface area contributed by atoms with Crippen LogP contribution in [0.15, 0.2) is 91.3 Å². The Labute approximate surface area is 226 Å². The van der Waals surface area contributed by atoms with E-state index in [0.29, 0.717) is 17.8 Å². The van der Waals surface area contributed by atoms with Crippen molar-refractivity contribution in [2.24, 2.45) is 0 Å².